The Labute approximate surface area is 122 Å². The van der Waals surface area contributed by atoms with Crippen LogP contribution in [0.1, 0.15) is 34.6 Å². The van der Waals surface area contributed by atoms with Crippen molar-refractivity contribution >= 4 is 11.9 Å². The molecule has 0 radical (unpaired) electrons. The van der Waals surface area contributed by atoms with Crippen LogP contribution in [0.25, 0.3) is 0 Å². The number of hydrogen-bond acceptors (Lipinski definition) is 3. The average molecular weight is 302 g/mol. The molecule has 0 heterocycles. The van der Waals surface area contributed by atoms with Crippen molar-refractivity contribution in [1.82, 2.24) is 0 Å². The molecule has 6 heteroatoms. The fraction of sp³-hybridized carbons (Fsp3) is 0.733. The molecule has 2 atom stereocenters. The third-order valence-electron chi connectivity index (χ3n) is 4.27. The third kappa shape index (κ3) is 2.74. The second kappa shape index (κ2) is 5.28. The van der Waals surface area contributed by atoms with Crippen molar-refractivity contribution in [2.45, 2.75) is 41.0 Å². The van der Waals surface area contributed by atoms with Crippen molar-refractivity contribution in [1.29, 1.82) is 0 Å². The zero-order valence-corrected chi connectivity index (χ0v) is 12.8. The molecule has 0 aromatic rings. The second-order valence-electron chi connectivity index (χ2n) is 6.78. The van der Waals surface area contributed by atoms with Gasteiger partial charge in [-0.2, -0.15) is 0 Å². The number of carbonyl (C=O) groups is 2. The largest absolute Gasteiger partial charge is 0.481 e. The first-order valence-corrected chi connectivity index (χ1v) is 6.59. The summed E-state index contributed by atoms with van der Waals surface area (Å²) in [6, 6.07) is 0. The van der Waals surface area contributed by atoms with E-state index < -0.39 is 47.1 Å². The fourth-order valence-electron chi connectivity index (χ4n) is 3.48. The van der Waals surface area contributed by atoms with Gasteiger partial charge >= 0.3 is 11.9 Å². The van der Waals surface area contributed by atoms with Gasteiger partial charge in [-0.05, 0) is 10.8 Å². The lowest BCUT2D eigenvalue weighted by atomic mass is 9.72. The van der Waals surface area contributed by atoms with Gasteiger partial charge in [0.15, 0.2) is 6.61 Å². The molecule has 0 bridgehead atoms. The van der Waals surface area contributed by atoms with Gasteiger partial charge in [-0.15, -0.1) is 0 Å². The van der Waals surface area contributed by atoms with Crippen LogP contribution < -0.4 is 0 Å². The number of ether oxygens (including phenoxy) is 1. The van der Waals surface area contributed by atoms with Crippen LogP contribution in [-0.2, 0) is 14.3 Å². The summed E-state index contributed by atoms with van der Waals surface area (Å²) >= 11 is 0. The molecule has 4 nitrogen and oxygen atoms in total. The van der Waals surface area contributed by atoms with Crippen LogP contribution in [-0.4, -0.2) is 30.1 Å². The summed E-state index contributed by atoms with van der Waals surface area (Å²) in [5.41, 5.74) is -2.27. The standard InChI is InChI=1S/C15H20F2O4/c1-13(2,3)15(12(19)20)9(14(15,4)5)6-7-11(18)21-8-10(16)17/h9-10H,8H2,1-5H3,(H,19,20)/t9-,15+/m0/s1. The van der Waals surface area contributed by atoms with Gasteiger partial charge < -0.3 is 9.84 Å². The van der Waals surface area contributed by atoms with Gasteiger partial charge in [-0.3, -0.25) is 4.79 Å². The molecule has 0 saturated heterocycles. The normalized spacial score (nSPS) is 26.8. The van der Waals surface area contributed by atoms with Crippen molar-refractivity contribution in [3.8, 4) is 11.8 Å². The minimum Gasteiger partial charge on any atom is -0.481 e. The summed E-state index contributed by atoms with van der Waals surface area (Å²) in [6.45, 7) is 7.95. The summed E-state index contributed by atoms with van der Waals surface area (Å²) in [6.07, 6.45) is -2.75. The number of rotatable bonds is 3. The molecule has 1 saturated carbocycles. The van der Waals surface area contributed by atoms with E-state index in [1.165, 1.54) is 0 Å². The van der Waals surface area contributed by atoms with E-state index in [-0.39, 0.29) is 0 Å². The molecule has 0 spiro atoms. The predicted octanol–water partition coefficient (Wildman–Crippen LogP) is 2.57. The lowest BCUT2D eigenvalue weighted by Gasteiger charge is -2.30. The van der Waals surface area contributed by atoms with Crippen molar-refractivity contribution in [3.63, 3.8) is 0 Å². The third-order valence-corrected chi connectivity index (χ3v) is 4.27. The topological polar surface area (TPSA) is 63.6 Å². The fourth-order valence-corrected chi connectivity index (χ4v) is 3.48. The molecule has 0 aromatic carbocycles. The molecule has 0 aromatic heterocycles. The van der Waals surface area contributed by atoms with E-state index in [4.69, 9.17) is 0 Å². The number of hydrogen-bond donors (Lipinski definition) is 1. The van der Waals surface area contributed by atoms with Gasteiger partial charge in [0.05, 0.1) is 5.41 Å². The minimum absolute atomic E-state index is 0.540. The number of carboxylic acid groups (broad SMARTS) is 1. The van der Waals surface area contributed by atoms with E-state index in [1.807, 2.05) is 0 Å². The first-order chi connectivity index (χ1) is 9.39. The van der Waals surface area contributed by atoms with E-state index in [0.29, 0.717) is 0 Å². The Kier molecular flexibility index (Phi) is 4.38. The molecule has 118 valence electrons. The van der Waals surface area contributed by atoms with Crippen LogP contribution in [0.4, 0.5) is 8.78 Å². The second-order valence-corrected chi connectivity index (χ2v) is 6.78. The molecule has 0 unspecified atom stereocenters. The van der Waals surface area contributed by atoms with Crippen molar-refractivity contribution in [3.05, 3.63) is 0 Å². The van der Waals surface area contributed by atoms with Crippen LogP contribution in [0.5, 0.6) is 0 Å². The molecule has 1 fully saturated rings. The van der Waals surface area contributed by atoms with Crippen molar-refractivity contribution in [2.24, 2.45) is 22.2 Å². The smallest absolute Gasteiger partial charge is 0.384 e. The van der Waals surface area contributed by atoms with E-state index in [1.54, 1.807) is 34.6 Å². The Hall–Kier alpha value is -1.64. The molecule has 21 heavy (non-hydrogen) atoms. The van der Waals surface area contributed by atoms with Crippen LogP contribution in [0.3, 0.4) is 0 Å². The molecule has 0 amide bonds. The Morgan fingerprint density at radius 2 is 1.86 bits per heavy atom. The van der Waals surface area contributed by atoms with Gasteiger partial charge in [-0.25, -0.2) is 13.6 Å². The molecule has 0 aliphatic heterocycles. The average Bonchev–Trinajstić information content (AvgIpc) is 2.80. The van der Waals surface area contributed by atoms with Crippen molar-refractivity contribution in [2.75, 3.05) is 6.61 Å². The van der Waals surface area contributed by atoms with Gasteiger partial charge in [-0.1, -0.05) is 40.5 Å². The predicted molar refractivity (Wildman–Crippen MR) is 71.5 cm³/mol. The van der Waals surface area contributed by atoms with Crippen LogP contribution >= 0.6 is 0 Å². The van der Waals surface area contributed by atoms with Gasteiger partial charge in [0, 0.05) is 11.8 Å². The number of halogens is 2. The van der Waals surface area contributed by atoms with E-state index in [9.17, 15) is 23.5 Å². The summed E-state index contributed by atoms with van der Waals surface area (Å²) < 4.78 is 28.1. The maximum absolute atomic E-state index is 11.9. The summed E-state index contributed by atoms with van der Waals surface area (Å²) in [7, 11) is 0. The van der Waals surface area contributed by atoms with Crippen LogP contribution in [0.15, 0.2) is 0 Å². The SMILES string of the molecule is CC(C)(C)[C@]1(C(=O)O)[C@@H](C#CC(=O)OCC(F)F)C1(C)C. The Morgan fingerprint density at radius 1 is 1.33 bits per heavy atom. The highest BCUT2D eigenvalue weighted by atomic mass is 19.3. The zero-order chi connectivity index (χ0) is 16.6. The minimum atomic E-state index is -2.75. The van der Waals surface area contributed by atoms with E-state index in [0.717, 1.165) is 0 Å². The maximum Gasteiger partial charge on any atom is 0.384 e. The molecular weight excluding hydrogens is 282 g/mol. The summed E-state index contributed by atoms with van der Waals surface area (Å²) in [5.74, 6) is 2.15. The Morgan fingerprint density at radius 3 is 2.19 bits per heavy atom. The molecular formula is C15H20F2O4. The maximum atomic E-state index is 11.9. The quantitative estimate of drug-likeness (QED) is 0.494. The van der Waals surface area contributed by atoms with Gasteiger partial charge in [0.2, 0.25) is 0 Å². The summed E-state index contributed by atoms with van der Waals surface area (Å²) in [4.78, 5) is 23.0. The van der Waals surface area contributed by atoms with Crippen molar-refractivity contribution < 1.29 is 28.2 Å². The molecule has 1 aliphatic rings. The number of aliphatic carboxylic acids is 1. The van der Waals surface area contributed by atoms with E-state index in [2.05, 4.69) is 16.6 Å². The van der Waals surface area contributed by atoms with Crippen LogP contribution in [0, 0.1) is 34.0 Å². The molecule has 1 rings (SSSR count). The Bertz CT molecular complexity index is 508. The monoisotopic (exact) mass is 302 g/mol. The lowest BCUT2D eigenvalue weighted by Crippen LogP contribution is -2.35. The zero-order valence-electron chi connectivity index (χ0n) is 12.8. The highest BCUT2D eigenvalue weighted by Crippen LogP contribution is 2.75. The number of alkyl halides is 2. The summed E-state index contributed by atoms with van der Waals surface area (Å²) in [5, 5.41) is 9.60. The van der Waals surface area contributed by atoms with Gasteiger partial charge in [0.25, 0.3) is 6.43 Å². The van der Waals surface area contributed by atoms with Gasteiger partial charge in [0.1, 0.15) is 0 Å². The number of carbonyl (C=O) groups excluding carboxylic acids is 1. The molecule has 1 aliphatic carbocycles. The first kappa shape index (κ1) is 17.4. The number of esters is 1. The first-order valence-electron chi connectivity index (χ1n) is 6.59. The van der Waals surface area contributed by atoms with Crippen LogP contribution in [0.2, 0.25) is 0 Å². The van der Waals surface area contributed by atoms with E-state index >= 15 is 0 Å². The highest BCUT2D eigenvalue weighted by molar-refractivity contribution is 5.90. The Balaban J connectivity index is 2.96. The number of carboxylic acids is 1. The highest BCUT2D eigenvalue weighted by Gasteiger charge is 2.80. The molecule has 1 N–H and O–H groups in total. The lowest BCUT2D eigenvalue weighted by molar-refractivity contribution is -0.150.